The van der Waals surface area contributed by atoms with Gasteiger partial charge in [0, 0.05) is 31.0 Å². The van der Waals surface area contributed by atoms with Crippen LogP contribution < -0.4 is 5.32 Å². The number of aryl methyl sites for hydroxylation is 1. The number of halogens is 1. The molecule has 0 amide bonds. The third-order valence-electron chi connectivity index (χ3n) is 6.71. The minimum absolute atomic E-state index is 0. The third-order valence-corrected chi connectivity index (χ3v) is 6.71. The van der Waals surface area contributed by atoms with Gasteiger partial charge in [-0.15, -0.1) is 12.4 Å². The number of benzene rings is 1. The topological polar surface area (TPSA) is 54.4 Å². The maximum absolute atomic E-state index is 10.2. The number of hydrogen-bond donors (Lipinski definition) is 2. The predicted octanol–water partition coefficient (Wildman–Crippen LogP) is 6.38. The van der Waals surface area contributed by atoms with Crippen LogP contribution in [0.25, 0.3) is 0 Å². The molecule has 1 aromatic heterocycles. The smallest absolute Gasteiger partial charge is 0.0805 e. The maximum Gasteiger partial charge on any atom is 0.0805 e. The predicted molar refractivity (Wildman–Crippen MR) is 139 cm³/mol. The monoisotopic (exact) mass is 474 g/mol. The summed E-state index contributed by atoms with van der Waals surface area (Å²) in [5, 5.41) is 13.9. The largest absolute Gasteiger partial charge is 0.388 e. The van der Waals surface area contributed by atoms with Crippen molar-refractivity contribution in [2.45, 2.75) is 89.2 Å². The summed E-state index contributed by atoms with van der Waals surface area (Å²) in [6.07, 6.45) is 15.0. The van der Waals surface area contributed by atoms with Crippen LogP contribution in [-0.2, 0) is 11.2 Å². The van der Waals surface area contributed by atoms with Gasteiger partial charge < -0.3 is 15.2 Å². The lowest BCUT2D eigenvalue weighted by Gasteiger charge is -2.20. The molecule has 1 fully saturated rings. The van der Waals surface area contributed by atoms with Crippen LogP contribution >= 0.6 is 12.4 Å². The van der Waals surface area contributed by atoms with E-state index >= 15 is 0 Å². The standard InChI is InChI=1S/C28H42N2O2.ClH/c1-2-3-4-5-6-7-10-23-13-15-24(16-14-23)26-17-19-30-27(26)22-32-20-9-12-28(31)25-11-8-18-29-21-25;/h8,11,13-16,18,21,26-28,30-31H,2-7,9-10,12,17,19-20,22H2,1H3;1H/t26-,27-,28?;/m1./s1. The number of unbranched alkanes of at least 4 members (excludes halogenated alkanes) is 5. The second-order valence-corrected chi connectivity index (χ2v) is 9.23. The van der Waals surface area contributed by atoms with Crippen LogP contribution in [0, 0.1) is 0 Å². The summed E-state index contributed by atoms with van der Waals surface area (Å²) in [5.41, 5.74) is 3.78. The highest BCUT2D eigenvalue weighted by molar-refractivity contribution is 5.85. The van der Waals surface area contributed by atoms with Gasteiger partial charge in [-0.1, -0.05) is 69.4 Å². The number of aliphatic hydroxyl groups is 1. The molecule has 1 aromatic carbocycles. The van der Waals surface area contributed by atoms with E-state index in [0.717, 1.165) is 25.1 Å². The van der Waals surface area contributed by atoms with Gasteiger partial charge in [-0.3, -0.25) is 4.98 Å². The minimum atomic E-state index is -0.459. The quantitative estimate of drug-likeness (QED) is 0.294. The average Bonchev–Trinajstić information content (AvgIpc) is 3.30. The fraction of sp³-hybridized carbons (Fsp3) is 0.607. The van der Waals surface area contributed by atoms with Crippen LogP contribution in [0.15, 0.2) is 48.8 Å². The summed E-state index contributed by atoms with van der Waals surface area (Å²) >= 11 is 0. The Morgan fingerprint density at radius 2 is 1.85 bits per heavy atom. The van der Waals surface area contributed by atoms with Gasteiger partial charge >= 0.3 is 0 Å². The molecular weight excluding hydrogens is 432 g/mol. The van der Waals surface area contributed by atoms with Crippen molar-refractivity contribution in [3.63, 3.8) is 0 Å². The van der Waals surface area contributed by atoms with Gasteiger partial charge in [0.05, 0.1) is 12.7 Å². The Hall–Kier alpha value is -1.46. The SMILES string of the molecule is CCCCCCCCc1ccc([C@H]2CCN[C@@H]2COCCCC(O)c2cccnc2)cc1.Cl. The Kier molecular flexibility index (Phi) is 13.7. The van der Waals surface area contributed by atoms with E-state index in [0.29, 0.717) is 25.0 Å². The summed E-state index contributed by atoms with van der Waals surface area (Å²) in [5.74, 6) is 0.527. The van der Waals surface area contributed by atoms with Crippen molar-refractivity contribution in [1.82, 2.24) is 10.3 Å². The molecule has 1 saturated heterocycles. The molecule has 0 bridgehead atoms. The van der Waals surface area contributed by atoms with E-state index in [9.17, 15) is 5.11 Å². The highest BCUT2D eigenvalue weighted by Gasteiger charge is 2.28. The van der Waals surface area contributed by atoms with Gasteiger partial charge in [0.15, 0.2) is 0 Å². The van der Waals surface area contributed by atoms with Crippen molar-refractivity contribution >= 4 is 12.4 Å². The van der Waals surface area contributed by atoms with Gasteiger partial charge in [0.2, 0.25) is 0 Å². The van der Waals surface area contributed by atoms with E-state index in [-0.39, 0.29) is 12.4 Å². The number of ether oxygens (including phenoxy) is 1. The first-order valence-corrected chi connectivity index (χ1v) is 12.8. The van der Waals surface area contributed by atoms with E-state index in [1.54, 1.807) is 12.4 Å². The Morgan fingerprint density at radius 3 is 2.61 bits per heavy atom. The van der Waals surface area contributed by atoms with Crippen molar-refractivity contribution in [3.05, 3.63) is 65.5 Å². The molecule has 0 saturated carbocycles. The van der Waals surface area contributed by atoms with Gasteiger partial charge in [-0.05, 0) is 61.4 Å². The zero-order valence-electron chi connectivity index (χ0n) is 20.3. The molecule has 5 heteroatoms. The molecule has 0 spiro atoms. The Morgan fingerprint density at radius 1 is 1.06 bits per heavy atom. The van der Waals surface area contributed by atoms with Crippen molar-refractivity contribution in [3.8, 4) is 0 Å². The summed E-state index contributed by atoms with van der Waals surface area (Å²) in [4.78, 5) is 4.07. The first kappa shape index (κ1) is 27.8. The number of pyridine rings is 1. The molecule has 3 atom stereocenters. The van der Waals surface area contributed by atoms with E-state index in [1.165, 1.54) is 62.5 Å². The van der Waals surface area contributed by atoms with E-state index in [2.05, 4.69) is 41.5 Å². The highest BCUT2D eigenvalue weighted by Crippen LogP contribution is 2.28. The van der Waals surface area contributed by atoms with Crippen LogP contribution in [0.2, 0.25) is 0 Å². The van der Waals surface area contributed by atoms with Gasteiger partial charge in [-0.25, -0.2) is 0 Å². The van der Waals surface area contributed by atoms with Crippen LogP contribution in [0.3, 0.4) is 0 Å². The molecule has 2 heterocycles. The van der Waals surface area contributed by atoms with Gasteiger partial charge in [0.25, 0.3) is 0 Å². The zero-order valence-corrected chi connectivity index (χ0v) is 21.1. The van der Waals surface area contributed by atoms with Crippen molar-refractivity contribution in [2.24, 2.45) is 0 Å². The molecule has 1 aliphatic heterocycles. The number of aliphatic hydroxyl groups excluding tert-OH is 1. The summed E-state index contributed by atoms with van der Waals surface area (Å²) in [7, 11) is 0. The number of nitrogens with zero attached hydrogens (tertiary/aromatic N) is 1. The summed E-state index contributed by atoms with van der Waals surface area (Å²) in [6, 6.07) is 13.5. The lowest BCUT2D eigenvalue weighted by atomic mass is 9.91. The average molecular weight is 475 g/mol. The van der Waals surface area contributed by atoms with E-state index in [1.807, 2.05) is 12.1 Å². The third kappa shape index (κ3) is 9.74. The number of hydrogen-bond acceptors (Lipinski definition) is 4. The Labute approximate surface area is 207 Å². The first-order chi connectivity index (χ1) is 15.8. The number of rotatable bonds is 15. The van der Waals surface area contributed by atoms with Crippen LogP contribution in [0.5, 0.6) is 0 Å². The Balaban J connectivity index is 0.00000385. The molecule has 1 unspecified atom stereocenters. The second-order valence-electron chi connectivity index (χ2n) is 9.23. The van der Waals surface area contributed by atoms with Gasteiger partial charge in [-0.2, -0.15) is 0 Å². The van der Waals surface area contributed by atoms with Crippen LogP contribution in [0.1, 0.15) is 93.4 Å². The molecular formula is C28H43ClN2O2. The van der Waals surface area contributed by atoms with Crippen molar-refractivity contribution in [2.75, 3.05) is 19.8 Å². The maximum atomic E-state index is 10.2. The second kappa shape index (κ2) is 16.2. The molecule has 0 radical (unpaired) electrons. The summed E-state index contributed by atoms with van der Waals surface area (Å²) in [6.45, 7) is 4.74. The van der Waals surface area contributed by atoms with Crippen LogP contribution in [0.4, 0.5) is 0 Å². The van der Waals surface area contributed by atoms with Crippen molar-refractivity contribution in [1.29, 1.82) is 0 Å². The van der Waals surface area contributed by atoms with E-state index < -0.39 is 6.10 Å². The Bertz CT molecular complexity index is 741. The number of aromatic nitrogens is 1. The zero-order chi connectivity index (χ0) is 22.4. The molecule has 2 N–H and O–H groups in total. The fourth-order valence-corrected chi connectivity index (χ4v) is 4.71. The lowest BCUT2D eigenvalue weighted by molar-refractivity contribution is 0.0922. The van der Waals surface area contributed by atoms with Crippen molar-refractivity contribution < 1.29 is 9.84 Å². The molecule has 1 aliphatic rings. The molecule has 184 valence electrons. The summed E-state index contributed by atoms with van der Waals surface area (Å²) < 4.78 is 5.98. The number of nitrogens with one attached hydrogen (secondary N) is 1. The fourth-order valence-electron chi connectivity index (χ4n) is 4.71. The highest BCUT2D eigenvalue weighted by atomic mass is 35.5. The van der Waals surface area contributed by atoms with Gasteiger partial charge in [0.1, 0.15) is 0 Å². The molecule has 2 aromatic rings. The first-order valence-electron chi connectivity index (χ1n) is 12.8. The minimum Gasteiger partial charge on any atom is -0.388 e. The normalized spacial score (nSPS) is 18.7. The molecule has 3 rings (SSSR count). The van der Waals surface area contributed by atoms with E-state index in [4.69, 9.17) is 4.74 Å². The lowest BCUT2D eigenvalue weighted by Crippen LogP contribution is -2.31. The molecule has 0 aliphatic carbocycles. The molecule has 33 heavy (non-hydrogen) atoms. The van der Waals surface area contributed by atoms with Crippen LogP contribution in [-0.4, -0.2) is 35.9 Å². The molecule has 4 nitrogen and oxygen atoms in total.